The van der Waals surface area contributed by atoms with Crippen molar-refractivity contribution in [2.75, 3.05) is 7.11 Å². The molecule has 2 unspecified atom stereocenters. The number of carboxylic acid groups (broad SMARTS) is 1. The standard InChI is InChI=1S/C18H17NO3/c1-22-15-9-7-14(8-10-15)17(12-19)16(11-18(20)21)13-5-3-2-4-6-13/h2-10,16-17H,11H2,1H3,(H,20,21). The molecule has 22 heavy (non-hydrogen) atoms. The molecule has 2 rings (SSSR count). The number of carbonyl (C=O) groups is 1. The number of rotatable bonds is 6. The maximum absolute atomic E-state index is 11.2. The topological polar surface area (TPSA) is 70.3 Å². The van der Waals surface area contributed by atoms with Crippen molar-refractivity contribution >= 4 is 5.97 Å². The van der Waals surface area contributed by atoms with Crippen molar-refractivity contribution in [3.63, 3.8) is 0 Å². The Labute approximate surface area is 129 Å². The first-order valence-electron chi connectivity index (χ1n) is 6.96. The lowest BCUT2D eigenvalue weighted by Crippen LogP contribution is -2.14. The second-order valence-corrected chi connectivity index (χ2v) is 4.99. The van der Waals surface area contributed by atoms with Crippen molar-refractivity contribution in [1.82, 2.24) is 0 Å². The van der Waals surface area contributed by atoms with Crippen LogP contribution in [-0.4, -0.2) is 18.2 Å². The highest BCUT2D eigenvalue weighted by molar-refractivity contribution is 5.68. The predicted molar refractivity (Wildman–Crippen MR) is 82.8 cm³/mol. The Morgan fingerprint density at radius 2 is 1.77 bits per heavy atom. The molecule has 0 aromatic heterocycles. The van der Waals surface area contributed by atoms with Gasteiger partial charge < -0.3 is 9.84 Å². The van der Waals surface area contributed by atoms with Gasteiger partial charge in [0.15, 0.2) is 0 Å². The zero-order chi connectivity index (χ0) is 15.9. The zero-order valence-electron chi connectivity index (χ0n) is 12.3. The van der Waals surface area contributed by atoms with Crippen molar-refractivity contribution < 1.29 is 14.6 Å². The van der Waals surface area contributed by atoms with E-state index in [4.69, 9.17) is 4.74 Å². The van der Waals surface area contributed by atoms with E-state index in [-0.39, 0.29) is 6.42 Å². The first kappa shape index (κ1) is 15.6. The normalized spacial score (nSPS) is 12.9. The third kappa shape index (κ3) is 3.64. The summed E-state index contributed by atoms with van der Waals surface area (Å²) >= 11 is 0. The van der Waals surface area contributed by atoms with Gasteiger partial charge in [0.05, 0.1) is 25.5 Å². The minimum absolute atomic E-state index is 0.0890. The lowest BCUT2D eigenvalue weighted by molar-refractivity contribution is -0.137. The van der Waals surface area contributed by atoms with E-state index < -0.39 is 17.8 Å². The maximum Gasteiger partial charge on any atom is 0.304 e. The number of hydrogen-bond acceptors (Lipinski definition) is 3. The Hall–Kier alpha value is -2.80. The summed E-state index contributed by atoms with van der Waals surface area (Å²) in [7, 11) is 1.58. The average molecular weight is 295 g/mol. The molecular formula is C18H17NO3. The minimum atomic E-state index is -0.914. The van der Waals surface area contributed by atoms with Crippen LogP contribution in [0.15, 0.2) is 54.6 Å². The molecule has 2 aromatic rings. The highest BCUT2D eigenvalue weighted by Gasteiger charge is 2.27. The molecule has 0 fully saturated rings. The highest BCUT2D eigenvalue weighted by atomic mass is 16.5. The fourth-order valence-electron chi connectivity index (χ4n) is 2.52. The van der Waals surface area contributed by atoms with Crippen LogP contribution in [0.1, 0.15) is 29.4 Å². The lowest BCUT2D eigenvalue weighted by Gasteiger charge is -2.21. The molecular weight excluding hydrogens is 278 g/mol. The monoisotopic (exact) mass is 295 g/mol. The largest absolute Gasteiger partial charge is 0.497 e. The number of nitrogens with zero attached hydrogens (tertiary/aromatic N) is 1. The van der Waals surface area contributed by atoms with Gasteiger partial charge in [0, 0.05) is 5.92 Å². The Morgan fingerprint density at radius 1 is 1.14 bits per heavy atom. The SMILES string of the molecule is COc1ccc(C(C#N)C(CC(=O)O)c2ccccc2)cc1. The predicted octanol–water partition coefficient (Wildman–Crippen LogP) is 3.56. The summed E-state index contributed by atoms with van der Waals surface area (Å²) in [6, 6.07) is 18.7. The summed E-state index contributed by atoms with van der Waals surface area (Å²) in [6.07, 6.45) is -0.0890. The van der Waals surface area contributed by atoms with E-state index in [1.54, 1.807) is 19.2 Å². The van der Waals surface area contributed by atoms with Gasteiger partial charge in [0.2, 0.25) is 0 Å². The van der Waals surface area contributed by atoms with E-state index >= 15 is 0 Å². The quantitative estimate of drug-likeness (QED) is 0.884. The second kappa shape index (κ2) is 7.28. The van der Waals surface area contributed by atoms with Crippen LogP contribution in [0, 0.1) is 11.3 Å². The number of nitriles is 1. The molecule has 0 aliphatic carbocycles. The van der Waals surface area contributed by atoms with Crippen LogP contribution < -0.4 is 4.74 Å². The Kier molecular flexibility index (Phi) is 5.16. The molecule has 0 saturated heterocycles. The van der Waals surface area contributed by atoms with Crippen LogP contribution >= 0.6 is 0 Å². The third-order valence-electron chi connectivity index (χ3n) is 3.64. The van der Waals surface area contributed by atoms with Gasteiger partial charge in [-0.1, -0.05) is 42.5 Å². The van der Waals surface area contributed by atoms with Crippen LogP contribution in [0.4, 0.5) is 0 Å². The number of ether oxygens (including phenoxy) is 1. The van der Waals surface area contributed by atoms with Gasteiger partial charge in [-0.3, -0.25) is 4.79 Å². The summed E-state index contributed by atoms with van der Waals surface area (Å²) in [5.74, 6) is -1.13. The molecule has 2 atom stereocenters. The Balaban J connectivity index is 2.38. The molecule has 0 aliphatic rings. The highest BCUT2D eigenvalue weighted by Crippen LogP contribution is 2.35. The van der Waals surface area contributed by atoms with E-state index in [0.717, 1.165) is 11.1 Å². The van der Waals surface area contributed by atoms with Gasteiger partial charge in [0.1, 0.15) is 5.75 Å². The van der Waals surface area contributed by atoms with Gasteiger partial charge in [-0.05, 0) is 23.3 Å². The molecule has 0 heterocycles. The van der Waals surface area contributed by atoms with Crippen molar-refractivity contribution in [3.05, 3.63) is 65.7 Å². The van der Waals surface area contributed by atoms with Gasteiger partial charge in [-0.25, -0.2) is 0 Å². The summed E-state index contributed by atoms with van der Waals surface area (Å²) < 4.78 is 5.12. The first-order chi connectivity index (χ1) is 10.7. The summed E-state index contributed by atoms with van der Waals surface area (Å²) in [5.41, 5.74) is 1.64. The number of benzene rings is 2. The fraction of sp³-hybridized carbons (Fsp3) is 0.222. The molecule has 1 N–H and O–H groups in total. The molecule has 0 amide bonds. The van der Waals surface area contributed by atoms with Crippen LogP contribution in [0.5, 0.6) is 5.75 Å². The lowest BCUT2D eigenvalue weighted by atomic mass is 9.80. The first-order valence-corrected chi connectivity index (χ1v) is 6.96. The van der Waals surface area contributed by atoms with Gasteiger partial charge >= 0.3 is 5.97 Å². The summed E-state index contributed by atoms with van der Waals surface area (Å²) in [6.45, 7) is 0. The fourth-order valence-corrected chi connectivity index (χ4v) is 2.52. The molecule has 0 bridgehead atoms. The van der Waals surface area contributed by atoms with Crippen molar-refractivity contribution in [2.45, 2.75) is 18.3 Å². The van der Waals surface area contributed by atoms with Crippen LogP contribution in [0.25, 0.3) is 0 Å². The van der Waals surface area contributed by atoms with E-state index in [0.29, 0.717) is 5.75 Å². The van der Waals surface area contributed by atoms with E-state index in [1.807, 2.05) is 42.5 Å². The van der Waals surface area contributed by atoms with E-state index in [9.17, 15) is 15.2 Å². The molecule has 0 aliphatic heterocycles. The summed E-state index contributed by atoms with van der Waals surface area (Å²) in [4.78, 5) is 11.2. The van der Waals surface area contributed by atoms with Crippen molar-refractivity contribution in [1.29, 1.82) is 5.26 Å². The van der Waals surface area contributed by atoms with Crippen molar-refractivity contribution in [3.8, 4) is 11.8 Å². The summed E-state index contributed by atoms with van der Waals surface area (Å²) in [5, 5.41) is 18.8. The molecule has 2 aromatic carbocycles. The van der Waals surface area contributed by atoms with Crippen molar-refractivity contribution in [2.24, 2.45) is 0 Å². The van der Waals surface area contributed by atoms with E-state index in [2.05, 4.69) is 6.07 Å². The molecule has 0 saturated carbocycles. The zero-order valence-corrected chi connectivity index (χ0v) is 12.3. The number of carboxylic acids is 1. The average Bonchev–Trinajstić information content (AvgIpc) is 2.55. The maximum atomic E-state index is 11.2. The number of aliphatic carboxylic acids is 1. The van der Waals surface area contributed by atoms with Crippen LogP contribution in [0.3, 0.4) is 0 Å². The Bertz CT molecular complexity index is 659. The molecule has 4 heteroatoms. The smallest absolute Gasteiger partial charge is 0.304 e. The number of methoxy groups -OCH3 is 1. The molecule has 112 valence electrons. The van der Waals surface area contributed by atoms with Gasteiger partial charge in [-0.15, -0.1) is 0 Å². The Morgan fingerprint density at radius 3 is 2.27 bits per heavy atom. The molecule has 0 spiro atoms. The van der Waals surface area contributed by atoms with E-state index in [1.165, 1.54) is 0 Å². The third-order valence-corrected chi connectivity index (χ3v) is 3.64. The van der Waals surface area contributed by atoms with Crippen LogP contribution in [-0.2, 0) is 4.79 Å². The van der Waals surface area contributed by atoms with Gasteiger partial charge in [0.25, 0.3) is 0 Å². The minimum Gasteiger partial charge on any atom is -0.497 e. The second-order valence-electron chi connectivity index (χ2n) is 4.99. The molecule has 4 nitrogen and oxygen atoms in total. The number of hydrogen-bond donors (Lipinski definition) is 1. The van der Waals surface area contributed by atoms with Crippen LogP contribution in [0.2, 0.25) is 0 Å². The van der Waals surface area contributed by atoms with Gasteiger partial charge in [-0.2, -0.15) is 5.26 Å². The molecule has 0 radical (unpaired) electrons.